The minimum atomic E-state index is 0.0249. The second kappa shape index (κ2) is 7.88. The van der Waals surface area contributed by atoms with Crippen molar-refractivity contribution in [2.45, 2.75) is 33.6 Å². The van der Waals surface area contributed by atoms with Crippen molar-refractivity contribution < 1.29 is 14.3 Å². The zero-order chi connectivity index (χ0) is 13.4. The molecule has 1 aromatic carbocycles. The lowest BCUT2D eigenvalue weighted by Gasteiger charge is -2.11. The number of hydrogen-bond donors (Lipinski definition) is 0. The topological polar surface area (TPSA) is 35.5 Å². The Morgan fingerprint density at radius 3 is 2.67 bits per heavy atom. The molecule has 0 aliphatic heterocycles. The molecule has 0 heterocycles. The molecule has 0 amide bonds. The highest BCUT2D eigenvalue weighted by Crippen LogP contribution is 2.20. The number of unbranched alkanes of at least 4 members (excludes halogenated alkanes) is 1. The van der Waals surface area contributed by atoms with Gasteiger partial charge in [-0.3, -0.25) is 4.79 Å². The number of aryl methyl sites for hydroxylation is 1. The Morgan fingerprint density at radius 2 is 2.00 bits per heavy atom. The number of benzene rings is 1. The van der Waals surface area contributed by atoms with Crippen LogP contribution in [0.25, 0.3) is 0 Å². The van der Waals surface area contributed by atoms with E-state index in [2.05, 4.69) is 6.92 Å². The first kappa shape index (κ1) is 14.7. The molecule has 0 aliphatic rings. The predicted molar refractivity (Wildman–Crippen MR) is 72.4 cm³/mol. The van der Waals surface area contributed by atoms with E-state index in [4.69, 9.17) is 9.47 Å². The van der Waals surface area contributed by atoms with Gasteiger partial charge in [-0.1, -0.05) is 19.4 Å². The molecule has 0 atom stereocenters. The number of rotatable bonds is 8. The summed E-state index contributed by atoms with van der Waals surface area (Å²) in [5, 5.41) is 0. The van der Waals surface area contributed by atoms with Crippen LogP contribution in [0.4, 0.5) is 0 Å². The molecule has 0 saturated heterocycles. The van der Waals surface area contributed by atoms with E-state index in [0.29, 0.717) is 24.5 Å². The van der Waals surface area contributed by atoms with Gasteiger partial charge in [0.15, 0.2) is 5.78 Å². The second-order valence-corrected chi connectivity index (χ2v) is 4.37. The van der Waals surface area contributed by atoms with E-state index in [-0.39, 0.29) is 5.78 Å². The molecule has 1 rings (SSSR count). The molecule has 0 spiro atoms. The molecule has 0 bridgehead atoms. The maximum Gasteiger partial charge on any atom is 0.163 e. The number of hydrogen-bond acceptors (Lipinski definition) is 3. The summed E-state index contributed by atoms with van der Waals surface area (Å²) in [4.78, 5) is 11.4. The lowest BCUT2D eigenvalue weighted by atomic mass is 10.1. The fourth-order valence-electron chi connectivity index (χ4n) is 1.60. The van der Waals surface area contributed by atoms with E-state index in [1.165, 1.54) is 0 Å². The SMILES string of the molecule is CCCCOCCOc1cc(C)ccc1C(C)=O. The zero-order valence-electron chi connectivity index (χ0n) is 11.5. The van der Waals surface area contributed by atoms with Gasteiger partial charge in [0.05, 0.1) is 12.2 Å². The second-order valence-electron chi connectivity index (χ2n) is 4.37. The van der Waals surface area contributed by atoms with Gasteiger partial charge in [0.1, 0.15) is 12.4 Å². The fraction of sp³-hybridized carbons (Fsp3) is 0.533. The van der Waals surface area contributed by atoms with Crippen LogP contribution in [0.15, 0.2) is 18.2 Å². The molecule has 0 fully saturated rings. The van der Waals surface area contributed by atoms with E-state index in [0.717, 1.165) is 25.0 Å². The molecule has 100 valence electrons. The molecule has 0 radical (unpaired) electrons. The highest BCUT2D eigenvalue weighted by atomic mass is 16.5. The summed E-state index contributed by atoms with van der Waals surface area (Å²) in [6, 6.07) is 5.62. The largest absolute Gasteiger partial charge is 0.490 e. The van der Waals surface area contributed by atoms with Gasteiger partial charge in [-0.25, -0.2) is 0 Å². The van der Waals surface area contributed by atoms with Crippen molar-refractivity contribution in [1.29, 1.82) is 0 Å². The van der Waals surface area contributed by atoms with Crippen LogP contribution in [0.1, 0.15) is 42.6 Å². The molecule has 0 saturated carbocycles. The number of ketones is 1. The van der Waals surface area contributed by atoms with E-state index in [9.17, 15) is 4.79 Å². The van der Waals surface area contributed by atoms with E-state index in [1.807, 2.05) is 25.1 Å². The molecule has 1 aromatic rings. The van der Waals surface area contributed by atoms with Crippen molar-refractivity contribution in [1.82, 2.24) is 0 Å². The van der Waals surface area contributed by atoms with Gasteiger partial charge in [0.25, 0.3) is 0 Å². The first-order chi connectivity index (χ1) is 8.65. The summed E-state index contributed by atoms with van der Waals surface area (Å²) in [7, 11) is 0. The van der Waals surface area contributed by atoms with Crippen molar-refractivity contribution in [2.75, 3.05) is 19.8 Å². The first-order valence-electron chi connectivity index (χ1n) is 6.47. The smallest absolute Gasteiger partial charge is 0.163 e. The average Bonchev–Trinajstić information content (AvgIpc) is 2.33. The van der Waals surface area contributed by atoms with Crippen LogP contribution >= 0.6 is 0 Å². The minimum Gasteiger partial charge on any atom is -0.490 e. The van der Waals surface area contributed by atoms with Crippen molar-refractivity contribution >= 4 is 5.78 Å². The Kier molecular flexibility index (Phi) is 6.44. The van der Waals surface area contributed by atoms with Gasteiger partial charge in [-0.05, 0) is 38.0 Å². The Balaban J connectivity index is 2.45. The maximum atomic E-state index is 11.4. The number of ether oxygens (including phenoxy) is 2. The summed E-state index contributed by atoms with van der Waals surface area (Å²) in [6.07, 6.45) is 2.20. The molecule has 0 N–H and O–H groups in total. The lowest BCUT2D eigenvalue weighted by molar-refractivity contribution is 0.0948. The van der Waals surface area contributed by atoms with Gasteiger partial charge in [0.2, 0.25) is 0 Å². The Labute approximate surface area is 109 Å². The zero-order valence-corrected chi connectivity index (χ0v) is 11.5. The lowest BCUT2D eigenvalue weighted by Crippen LogP contribution is -2.09. The molecular formula is C15H22O3. The molecule has 0 aromatic heterocycles. The molecule has 0 unspecified atom stereocenters. The van der Waals surface area contributed by atoms with E-state index >= 15 is 0 Å². The van der Waals surface area contributed by atoms with Crippen LogP contribution < -0.4 is 4.74 Å². The third-order valence-corrected chi connectivity index (χ3v) is 2.64. The number of carbonyl (C=O) groups is 1. The van der Waals surface area contributed by atoms with Crippen molar-refractivity contribution in [2.24, 2.45) is 0 Å². The van der Waals surface area contributed by atoms with Crippen LogP contribution in [0, 0.1) is 6.92 Å². The Hall–Kier alpha value is -1.35. The Morgan fingerprint density at radius 1 is 1.22 bits per heavy atom. The fourth-order valence-corrected chi connectivity index (χ4v) is 1.60. The number of Topliss-reactive ketones (excluding diaryl/α,β-unsaturated/α-hetero) is 1. The summed E-state index contributed by atoms with van der Waals surface area (Å²) in [5.41, 5.74) is 1.72. The van der Waals surface area contributed by atoms with Gasteiger partial charge in [-0.15, -0.1) is 0 Å². The monoisotopic (exact) mass is 250 g/mol. The van der Waals surface area contributed by atoms with E-state index in [1.54, 1.807) is 6.92 Å². The predicted octanol–water partition coefficient (Wildman–Crippen LogP) is 3.39. The minimum absolute atomic E-state index is 0.0249. The van der Waals surface area contributed by atoms with Gasteiger partial charge in [-0.2, -0.15) is 0 Å². The summed E-state index contributed by atoms with van der Waals surface area (Å²) in [5.74, 6) is 0.679. The first-order valence-corrected chi connectivity index (χ1v) is 6.47. The van der Waals surface area contributed by atoms with Crippen molar-refractivity contribution in [3.05, 3.63) is 29.3 Å². The highest BCUT2D eigenvalue weighted by Gasteiger charge is 2.08. The Bertz CT molecular complexity index is 385. The van der Waals surface area contributed by atoms with Crippen LogP contribution in [0.3, 0.4) is 0 Å². The maximum absolute atomic E-state index is 11.4. The van der Waals surface area contributed by atoms with Gasteiger partial charge >= 0.3 is 0 Å². The standard InChI is InChI=1S/C15H22O3/c1-4-5-8-17-9-10-18-15-11-12(2)6-7-14(15)13(3)16/h6-7,11H,4-5,8-10H2,1-3H3. The molecule has 18 heavy (non-hydrogen) atoms. The average molecular weight is 250 g/mol. The van der Waals surface area contributed by atoms with Gasteiger partial charge < -0.3 is 9.47 Å². The summed E-state index contributed by atoms with van der Waals surface area (Å²) in [6.45, 7) is 7.47. The molecular weight excluding hydrogens is 228 g/mol. The molecule has 3 nitrogen and oxygen atoms in total. The van der Waals surface area contributed by atoms with Crippen LogP contribution in [0.5, 0.6) is 5.75 Å². The van der Waals surface area contributed by atoms with Crippen LogP contribution in [-0.4, -0.2) is 25.6 Å². The number of carbonyl (C=O) groups excluding carboxylic acids is 1. The van der Waals surface area contributed by atoms with Crippen molar-refractivity contribution in [3.8, 4) is 5.75 Å². The molecule has 3 heteroatoms. The van der Waals surface area contributed by atoms with Crippen LogP contribution in [0.2, 0.25) is 0 Å². The third-order valence-electron chi connectivity index (χ3n) is 2.64. The van der Waals surface area contributed by atoms with Crippen LogP contribution in [-0.2, 0) is 4.74 Å². The van der Waals surface area contributed by atoms with E-state index < -0.39 is 0 Å². The quantitative estimate of drug-likeness (QED) is 0.524. The van der Waals surface area contributed by atoms with Gasteiger partial charge in [0, 0.05) is 6.61 Å². The summed E-state index contributed by atoms with van der Waals surface area (Å²) >= 11 is 0. The highest BCUT2D eigenvalue weighted by molar-refractivity contribution is 5.96. The van der Waals surface area contributed by atoms with Crippen molar-refractivity contribution in [3.63, 3.8) is 0 Å². The normalized spacial score (nSPS) is 10.4. The molecule has 0 aliphatic carbocycles. The summed E-state index contributed by atoms with van der Waals surface area (Å²) < 4.78 is 11.0. The third kappa shape index (κ3) is 4.88.